The molecule has 0 aliphatic heterocycles. The van der Waals surface area contributed by atoms with Crippen molar-refractivity contribution in [2.75, 3.05) is 6.54 Å². The molecule has 2 aromatic heterocycles. The maximum Gasteiger partial charge on any atom is 0.228 e. The van der Waals surface area contributed by atoms with E-state index in [1.165, 1.54) is 0 Å². The van der Waals surface area contributed by atoms with Gasteiger partial charge in [-0.2, -0.15) is 4.98 Å². The zero-order valence-corrected chi connectivity index (χ0v) is 9.09. The summed E-state index contributed by atoms with van der Waals surface area (Å²) in [5, 5.41) is 4.90. The molecule has 5 heteroatoms. The van der Waals surface area contributed by atoms with Gasteiger partial charge in [0.25, 0.3) is 0 Å². The number of fused-ring (bicyclic) bond motifs is 1. The Morgan fingerprint density at radius 1 is 1.24 bits per heavy atom. The van der Waals surface area contributed by atoms with Gasteiger partial charge in [0, 0.05) is 18.4 Å². The number of rotatable bonds is 3. The van der Waals surface area contributed by atoms with Crippen molar-refractivity contribution in [2.24, 2.45) is 5.73 Å². The van der Waals surface area contributed by atoms with Crippen LogP contribution in [0, 0.1) is 0 Å². The highest BCUT2D eigenvalue weighted by atomic mass is 16.5. The number of hydrogen-bond acceptors (Lipinski definition) is 5. The normalized spacial score (nSPS) is 11.1. The van der Waals surface area contributed by atoms with Crippen molar-refractivity contribution in [1.29, 1.82) is 0 Å². The topological polar surface area (TPSA) is 78.1 Å². The van der Waals surface area contributed by atoms with Crippen LogP contribution in [0.15, 0.2) is 39.5 Å². The first kappa shape index (κ1) is 10.0. The lowest BCUT2D eigenvalue weighted by Crippen LogP contribution is -2.02. The Bertz CT molecular complexity index is 642. The van der Waals surface area contributed by atoms with Crippen LogP contribution < -0.4 is 5.73 Å². The first-order valence-corrected chi connectivity index (χ1v) is 5.38. The lowest BCUT2D eigenvalue weighted by molar-refractivity contribution is 0.380. The molecule has 0 saturated carbocycles. The minimum absolute atomic E-state index is 0.494. The van der Waals surface area contributed by atoms with Crippen LogP contribution in [0.4, 0.5) is 0 Å². The van der Waals surface area contributed by atoms with E-state index in [0.29, 0.717) is 24.7 Å². The van der Waals surface area contributed by atoms with Crippen LogP contribution >= 0.6 is 0 Å². The third kappa shape index (κ3) is 1.70. The Balaban J connectivity index is 2.07. The van der Waals surface area contributed by atoms with Crippen molar-refractivity contribution in [3.63, 3.8) is 0 Å². The molecule has 0 aliphatic carbocycles. The average molecular weight is 229 g/mol. The predicted molar refractivity (Wildman–Crippen MR) is 62.3 cm³/mol. The number of benzene rings is 1. The molecular formula is C12H11N3O2. The van der Waals surface area contributed by atoms with Crippen LogP contribution in [0.3, 0.4) is 0 Å². The quantitative estimate of drug-likeness (QED) is 0.743. The fraction of sp³-hybridized carbons (Fsp3) is 0.167. The van der Waals surface area contributed by atoms with Gasteiger partial charge in [-0.3, -0.25) is 0 Å². The van der Waals surface area contributed by atoms with Gasteiger partial charge < -0.3 is 14.7 Å². The number of para-hydroxylation sites is 1. The Labute approximate surface area is 97.2 Å². The molecule has 1 aromatic carbocycles. The van der Waals surface area contributed by atoms with Crippen LogP contribution in [0.2, 0.25) is 0 Å². The number of nitrogens with two attached hydrogens (primary N) is 1. The first-order chi connectivity index (χ1) is 8.38. The lowest BCUT2D eigenvalue weighted by atomic mass is 10.2. The summed E-state index contributed by atoms with van der Waals surface area (Å²) in [6, 6.07) is 7.74. The van der Waals surface area contributed by atoms with Crippen molar-refractivity contribution in [3.8, 4) is 11.4 Å². The van der Waals surface area contributed by atoms with Crippen LogP contribution in [-0.4, -0.2) is 16.7 Å². The predicted octanol–water partition coefficient (Wildman–Crippen LogP) is 1.98. The molecule has 2 N–H and O–H groups in total. The molecule has 0 radical (unpaired) electrons. The fourth-order valence-electron chi connectivity index (χ4n) is 1.74. The van der Waals surface area contributed by atoms with E-state index in [9.17, 15) is 0 Å². The van der Waals surface area contributed by atoms with Gasteiger partial charge in [-0.05, 0) is 6.07 Å². The summed E-state index contributed by atoms with van der Waals surface area (Å²) in [4.78, 5) is 4.27. The Kier molecular flexibility index (Phi) is 2.38. The maximum absolute atomic E-state index is 5.43. The van der Waals surface area contributed by atoms with Crippen molar-refractivity contribution >= 4 is 11.0 Å². The number of furan rings is 1. The molecule has 86 valence electrons. The summed E-state index contributed by atoms with van der Waals surface area (Å²) >= 11 is 0. The van der Waals surface area contributed by atoms with E-state index in [4.69, 9.17) is 14.7 Å². The third-order valence-corrected chi connectivity index (χ3v) is 2.55. The second-order valence-electron chi connectivity index (χ2n) is 3.70. The van der Waals surface area contributed by atoms with Gasteiger partial charge in [-0.15, -0.1) is 0 Å². The maximum atomic E-state index is 5.43. The van der Waals surface area contributed by atoms with E-state index >= 15 is 0 Å². The van der Waals surface area contributed by atoms with E-state index in [0.717, 1.165) is 16.5 Å². The average Bonchev–Trinajstić information content (AvgIpc) is 2.95. The van der Waals surface area contributed by atoms with Gasteiger partial charge in [0.15, 0.2) is 0 Å². The molecule has 0 amide bonds. The molecule has 0 unspecified atom stereocenters. The summed E-state index contributed by atoms with van der Waals surface area (Å²) in [6.07, 6.45) is 2.23. The SMILES string of the molecule is NCCc1nc(-c2coc3ccccc23)no1. The van der Waals surface area contributed by atoms with E-state index in [2.05, 4.69) is 10.1 Å². The van der Waals surface area contributed by atoms with E-state index in [-0.39, 0.29) is 0 Å². The highest BCUT2D eigenvalue weighted by Crippen LogP contribution is 2.28. The molecule has 17 heavy (non-hydrogen) atoms. The molecule has 3 rings (SSSR count). The van der Waals surface area contributed by atoms with Crippen molar-refractivity contribution in [2.45, 2.75) is 6.42 Å². The summed E-state index contributed by atoms with van der Waals surface area (Å²) in [6.45, 7) is 0.494. The number of aromatic nitrogens is 2. The Hall–Kier alpha value is -2.14. The van der Waals surface area contributed by atoms with Gasteiger partial charge in [-0.25, -0.2) is 0 Å². The highest BCUT2D eigenvalue weighted by molar-refractivity contribution is 5.91. The van der Waals surface area contributed by atoms with Gasteiger partial charge in [0.2, 0.25) is 11.7 Å². The van der Waals surface area contributed by atoms with Crippen LogP contribution in [0.5, 0.6) is 0 Å². The van der Waals surface area contributed by atoms with Crippen LogP contribution in [-0.2, 0) is 6.42 Å². The van der Waals surface area contributed by atoms with Crippen molar-refractivity contribution in [3.05, 3.63) is 36.4 Å². The largest absolute Gasteiger partial charge is 0.464 e. The van der Waals surface area contributed by atoms with E-state index in [1.54, 1.807) is 6.26 Å². The molecule has 0 aliphatic rings. The molecule has 0 atom stereocenters. The molecule has 0 spiro atoms. The third-order valence-electron chi connectivity index (χ3n) is 2.55. The van der Waals surface area contributed by atoms with Gasteiger partial charge in [-0.1, -0.05) is 23.4 Å². The molecule has 3 aromatic rings. The number of nitrogens with zero attached hydrogens (tertiary/aromatic N) is 2. The minimum Gasteiger partial charge on any atom is -0.464 e. The Morgan fingerprint density at radius 2 is 2.12 bits per heavy atom. The van der Waals surface area contributed by atoms with Crippen molar-refractivity contribution < 1.29 is 8.94 Å². The zero-order chi connectivity index (χ0) is 11.7. The van der Waals surface area contributed by atoms with Gasteiger partial charge in [0.1, 0.15) is 11.8 Å². The summed E-state index contributed by atoms with van der Waals surface area (Å²) in [5.41, 5.74) is 7.09. The van der Waals surface area contributed by atoms with E-state index in [1.807, 2.05) is 24.3 Å². The molecule has 0 bridgehead atoms. The smallest absolute Gasteiger partial charge is 0.228 e. The lowest BCUT2D eigenvalue weighted by Gasteiger charge is -1.89. The molecule has 5 nitrogen and oxygen atoms in total. The minimum atomic E-state index is 0.494. The molecule has 0 fully saturated rings. The summed E-state index contributed by atoms with van der Waals surface area (Å²) in [5.74, 6) is 1.09. The monoisotopic (exact) mass is 229 g/mol. The van der Waals surface area contributed by atoms with Gasteiger partial charge in [0.05, 0.1) is 5.56 Å². The fourth-order valence-corrected chi connectivity index (χ4v) is 1.74. The van der Waals surface area contributed by atoms with Crippen LogP contribution in [0.25, 0.3) is 22.4 Å². The molecular weight excluding hydrogens is 218 g/mol. The second-order valence-corrected chi connectivity index (χ2v) is 3.70. The number of hydrogen-bond donors (Lipinski definition) is 1. The van der Waals surface area contributed by atoms with Crippen molar-refractivity contribution in [1.82, 2.24) is 10.1 Å². The summed E-state index contributed by atoms with van der Waals surface area (Å²) < 4.78 is 10.5. The standard InChI is InChI=1S/C12H11N3O2/c13-6-5-11-14-12(15-17-11)9-7-16-10-4-2-1-3-8(9)10/h1-4,7H,5-6,13H2. The van der Waals surface area contributed by atoms with E-state index < -0.39 is 0 Å². The Morgan fingerprint density at radius 3 is 3.00 bits per heavy atom. The first-order valence-electron chi connectivity index (χ1n) is 5.38. The zero-order valence-electron chi connectivity index (χ0n) is 9.09. The van der Waals surface area contributed by atoms with Crippen LogP contribution in [0.1, 0.15) is 5.89 Å². The summed E-state index contributed by atoms with van der Waals surface area (Å²) in [7, 11) is 0. The molecule has 0 saturated heterocycles. The second kappa shape index (κ2) is 4.03. The highest BCUT2D eigenvalue weighted by Gasteiger charge is 2.13. The molecule has 2 heterocycles. The van der Waals surface area contributed by atoms with Gasteiger partial charge >= 0.3 is 0 Å².